The SMILES string of the molecule is CC[C@H](C)[C@H](NC(=O)OCc1ccccc1)C(=O)NC1CCCN(S(C)(=O)=O)C1. The molecular weight excluding hydrogens is 394 g/mol. The van der Waals surface area contributed by atoms with Crippen molar-refractivity contribution in [2.75, 3.05) is 19.3 Å². The van der Waals surface area contributed by atoms with Crippen molar-refractivity contribution in [3.8, 4) is 0 Å². The number of ether oxygens (including phenoxy) is 1. The van der Waals surface area contributed by atoms with Crippen molar-refractivity contribution in [1.29, 1.82) is 0 Å². The Labute approximate surface area is 173 Å². The number of piperidine rings is 1. The molecule has 0 aliphatic carbocycles. The molecule has 1 fully saturated rings. The van der Waals surface area contributed by atoms with Gasteiger partial charge in [0.1, 0.15) is 12.6 Å². The van der Waals surface area contributed by atoms with Gasteiger partial charge >= 0.3 is 6.09 Å². The van der Waals surface area contributed by atoms with E-state index in [1.54, 1.807) is 0 Å². The highest BCUT2D eigenvalue weighted by Crippen LogP contribution is 2.15. The van der Waals surface area contributed by atoms with Gasteiger partial charge in [-0.1, -0.05) is 50.6 Å². The van der Waals surface area contributed by atoms with Crippen LogP contribution in [0.2, 0.25) is 0 Å². The summed E-state index contributed by atoms with van der Waals surface area (Å²) in [4.78, 5) is 25.1. The molecule has 0 bridgehead atoms. The lowest BCUT2D eigenvalue weighted by molar-refractivity contribution is -0.125. The van der Waals surface area contributed by atoms with E-state index in [1.165, 1.54) is 10.6 Å². The highest BCUT2D eigenvalue weighted by molar-refractivity contribution is 7.88. The Morgan fingerprint density at radius 3 is 2.59 bits per heavy atom. The summed E-state index contributed by atoms with van der Waals surface area (Å²) in [6.07, 6.45) is 2.58. The van der Waals surface area contributed by atoms with Gasteiger partial charge in [0.2, 0.25) is 15.9 Å². The number of alkyl carbamates (subject to hydrolysis) is 1. The number of carbonyl (C=O) groups excluding carboxylic acids is 2. The molecule has 9 heteroatoms. The third kappa shape index (κ3) is 7.32. The zero-order valence-corrected chi connectivity index (χ0v) is 18.1. The van der Waals surface area contributed by atoms with Gasteiger partial charge in [0.15, 0.2) is 0 Å². The average Bonchev–Trinajstić information content (AvgIpc) is 2.70. The second kappa shape index (κ2) is 10.6. The van der Waals surface area contributed by atoms with Crippen LogP contribution >= 0.6 is 0 Å². The van der Waals surface area contributed by atoms with Crippen LogP contribution in [0.1, 0.15) is 38.7 Å². The van der Waals surface area contributed by atoms with E-state index < -0.39 is 22.2 Å². The molecule has 0 saturated carbocycles. The lowest BCUT2D eigenvalue weighted by Gasteiger charge is -2.33. The fourth-order valence-corrected chi connectivity index (χ4v) is 4.16. The predicted octanol–water partition coefficient (Wildman–Crippen LogP) is 1.87. The Kier molecular flexibility index (Phi) is 8.45. The average molecular weight is 426 g/mol. The van der Waals surface area contributed by atoms with Crippen molar-refractivity contribution in [2.24, 2.45) is 5.92 Å². The molecule has 1 heterocycles. The maximum absolute atomic E-state index is 12.8. The Morgan fingerprint density at radius 1 is 1.28 bits per heavy atom. The third-order valence-corrected chi connectivity index (χ3v) is 6.45. The van der Waals surface area contributed by atoms with Crippen molar-refractivity contribution in [1.82, 2.24) is 14.9 Å². The van der Waals surface area contributed by atoms with Crippen LogP contribution in [0, 0.1) is 5.92 Å². The Morgan fingerprint density at radius 2 is 1.97 bits per heavy atom. The fourth-order valence-electron chi connectivity index (χ4n) is 3.25. The second-order valence-electron chi connectivity index (χ2n) is 7.54. The number of amides is 2. The Bertz CT molecular complexity index is 785. The topological polar surface area (TPSA) is 105 Å². The molecule has 1 aliphatic rings. The molecule has 2 rings (SSSR count). The van der Waals surface area contributed by atoms with Crippen LogP contribution in [0.15, 0.2) is 30.3 Å². The summed E-state index contributed by atoms with van der Waals surface area (Å²) in [6, 6.07) is 8.26. The molecule has 0 spiro atoms. The van der Waals surface area contributed by atoms with Gasteiger partial charge in [-0.2, -0.15) is 0 Å². The standard InChI is InChI=1S/C20H31N3O5S/c1-4-15(2)18(22-20(25)28-14-16-9-6-5-7-10-16)19(24)21-17-11-8-12-23(13-17)29(3,26)27/h5-7,9-10,15,17-18H,4,8,11-14H2,1-3H3,(H,21,24)(H,22,25)/t15-,17?,18-/m0/s1. The number of carbonyl (C=O) groups is 2. The molecule has 1 unspecified atom stereocenters. The Balaban J connectivity index is 1.94. The van der Waals surface area contributed by atoms with E-state index in [0.29, 0.717) is 25.8 Å². The summed E-state index contributed by atoms with van der Waals surface area (Å²) in [5, 5.41) is 5.56. The summed E-state index contributed by atoms with van der Waals surface area (Å²) in [6.45, 7) is 4.65. The molecule has 1 aromatic carbocycles. The number of hydrogen-bond donors (Lipinski definition) is 2. The molecule has 162 valence electrons. The van der Waals surface area contributed by atoms with Crippen molar-refractivity contribution < 1.29 is 22.7 Å². The maximum atomic E-state index is 12.8. The molecule has 2 N–H and O–H groups in total. The molecule has 3 atom stereocenters. The van der Waals surface area contributed by atoms with Crippen molar-refractivity contribution in [2.45, 2.75) is 51.8 Å². The van der Waals surface area contributed by atoms with Crippen molar-refractivity contribution in [3.63, 3.8) is 0 Å². The number of hydrogen-bond acceptors (Lipinski definition) is 5. The van der Waals surface area contributed by atoms with Crippen LogP contribution in [-0.2, 0) is 26.2 Å². The number of nitrogens with zero attached hydrogens (tertiary/aromatic N) is 1. The van der Waals surface area contributed by atoms with E-state index in [4.69, 9.17) is 4.74 Å². The third-order valence-electron chi connectivity index (χ3n) is 5.18. The highest BCUT2D eigenvalue weighted by Gasteiger charge is 2.31. The summed E-state index contributed by atoms with van der Waals surface area (Å²) in [7, 11) is -3.30. The monoisotopic (exact) mass is 425 g/mol. The van der Waals surface area contributed by atoms with Gasteiger partial charge < -0.3 is 15.4 Å². The smallest absolute Gasteiger partial charge is 0.408 e. The van der Waals surface area contributed by atoms with Crippen LogP contribution in [0.4, 0.5) is 4.79 Å². The molecule has 29 heavy (non-hydrogen) atoms. The van der Waals surface area contributed by atoms with E-state index in [1.807, 2.05) is 44.2 Å². The van der Waals surface area contributed by atoms with Crippen molar-refractivity contribution in [3.05, 3.63) is 35.9 Å². The van der Waals surface area contributed by atoms with Crippen molar-refractivity contribution >= 4 is 22.0 Å². The van der Waals surface area contributed by atoms with Gasteiger partial charge in [-0.05, 0) is 24.3 Å². The summed E-state index contributed by atoms with van der Waals surface area (Å²) >= 11 is 0. The summed E-state index contributed by atoms with van der Waals surface area (Å²) in [5.74, 6) is -0.426. The van der Waals surface area contributed by atoms with Crippen LogP contribution in [0.25, 0.3) is 0 Å². The normalized spacial score (nSPS) is 19.8. The minimum absolute atomic E-state index is 0.103. The summed E-state index contributed by atoms with van der Waals surface area (Å²) in [5.41, 5.74) is 0.857. The molecule has 2 amide bonds. The van der Waals surface area contributed by atoms with Crippen LogP contribution in [0.3, 0.4) is 0 Å². The van der Waals surface area contributed by atoms with Gasteiger partial charge in [-0.15, -0.1) is 0 Å². The number of nitrogens with one attached hydrogen (secondary N) is 2. The highest BCUT2D eigenvalue weighted by atomic mass is 32.2. The van der Waals surface area contributed by atoms with E-state index in [2.05, 4.69) is 10.6 Å². The lowest BCUT2D eigenvalue weighted by Crippen LogP contribution is -2.56. The molecule has 0 aromatic heterocycles. The first-order chi connectivity index (χ1) is 13.7. The maximum Gasteiger partial charge on any atom is 0.408 e. The van der Waals surface area contributed by atoms with Gasteiger partial charge in [0.25, 0.3) is 0 Å². The fraction of sp³-hybridized carbons (Fsp3) is 0.600. The van der Waals surface area contributed by atoms with Gasteiger partial charge in [-0.3, -0.25) is 4.79 Å². The van der Waals surface area contributed by atoms with Gasteiger partial charge in [0, 0.05) is 19.1 Å². The van der Waals surface area contributed by atoms with Crippen LogP contribution < -0.4 is 10.6 Å². The zero-order chi connectivity index (χ0) is 21.4. The molecule has 0 radical (unpaired) electrons. The molecular formula is C20H31N3O5S. The van der Waals surface area contributed by atoms with Crippen LogP contribution in [-0.4, -0.2) is 56.2 Å². The largest absolute Gasteiger partial charge is 0.445 e. The minimum Gasteiger partial charge on any atom is -0.445 e. The van der Waals surface area contributed by atoms with E-state index in [0.717, 1.165) is 5.56 Å². The predicted molar refractivity (Wildman–Crippen MR) is 111 cm³/mol. The minimum atomic E-state index is -3.30. The second-order valence-corrected chi connectivity index (χ2v) is 9.52. The first-order valence-electron chi connectivity index (χ1n) is 9.93. The molecule has 1 aromatic rings. The molecule has 1 saturated heterocycles. The number of benzene rings is 1. The first-order valence-corrected chi connectivity index (χ1v) is 11.8. The number of sulfonamides is 1. The van der Waals surface area contributed by atoms with Gasteiger partial charge in [-0.25, -0.2) is 17.5 Å². The van der Waals surface area contributed by atoms with Crippen LogP contribution in [0.5, 0.6) is 0 Å². The number of rotatable bonds is 8. The molecule has 8 nitrogen and oxygen atoms in total. The van der Waals surface area contributed by atoms with Gasteiger partial charge in [0.05, 0.1) is 6.26 Å². The summed E-state index contributed by atoms with van der Waals surface area (Å²) < 4.78 is 30.2. The Hall–Kier alpha value is -2.13. The van der Waals surface area contributed by atoms with E-state index in [-0.39, 0.29) is 31.0 Å². The quantitative estimate of drug-likeness (QED) is 0.662. The first kappa shape index (κ1) is 23.2. The van der Waals surface area contributed by atoms with E-state index in [9.17, 15) is 18.0 Å². The lowest BCUT2D eigenvalue weighted by atomic mass is 9.97. The molecule has 1 aliphatic heterocycles. The van der Waals surface area contributed by atoms with E-state index >= 15 is 0 Å². The zero-order valence-electron chi connectivity index (χ0n) is 17.3.